The Hall–Kier alpha value is -0.773. The molecule has 0 aliphatic rings. The van der Waals surface area contributed by atoms with Gasteiger partial charge in [0.25, 0.3) is 0 Å². The van der Waals surface area contributed by atoms with Crippen LogP contribution in [0.15, 0.2) is 0 Å². The zero-order valence-corrected chi connectivity index (χ0v) is 14.6. The lowest BCUT2D eigenvalue weighted by molar-refractivity contribution is -0.440. The molecule has 1 atom stereocenters. The van der Waals surface area contributed by atoms with Crippen LogP contribution in [0.5, 0.6) is 0 Å². The Morgan fingerprint density at radius 2 is 1.04 bits per heavy atom. The fraction of sp³-hybridized carbons (Fsp3) is 1.00. The topological polar surface area (TPSA) is 18.5 Å². The fourth-order valence-electron chi connectivity index (χ4n) is 1.44. The first-order chi connectivity index (χ1) is 11.6. The molecule has 0 rings (SSSR count). The Labute approximate surface area is 144 Å². The van der Waals surface area contributed by atoms with E-state index in [-0.39, 0.29) is 6.04 Å². The predicted molar refractivity (Wildman–Crippen MR) is 65.9 cm³/mol. The molecule has 27 heavy (non-hydrogen) atoms. The molecule has 0 aliphatic carbocycles. The molecule has 16 heteroatoms. The van der Waals surface area contributed by atoms with Gasteiger partial charge in [-0.25, -0.2) is 0 Å². The summed E-state index contributed by atoms with van der Waals surface area (Å²) in [4.78, 5) is 0. The highest BCUT2D eigenvalue weighted by atomic mass is 28.4. The van der Waals surface area contributed by atoms with Gasteiger partial charge in [0, 0.05) is 7.11 Å². The van der Waals surface area contributed by atoms with Crippen LogP contribution in [0.4, 0.5) is 57.1 Å². The third-order valence-electron chi connectivity index (χ3n) is 3.63. The number of hydrogen-bond donors (Lipinski definition) is 0. The van der Waals surface area contributed by atoms with Gasteiger partial charge in [-0.15, -0.1) is 0 Å². The first-order valence-electron chi connectivity index (χ1n) is 6.73. The van der Waals surface area contributed by atoms with Gasteiger partial charge in [0.2, 0.25) is 0 Å². The lowest BCUT2D eigenvalue weighted by Gasteiger charge is -2.40. The van der Waals surface area contributed by atoms with Gasteiger partial charge >= 0.3 is 44.3 Å². The smallest absolute Gasteiger partial charge is 0.398 e. The normalized spacial score (nSPS) is 17.8. The Balaban J connectivity index is 6.01. The van der Waals surface area contributed by atoms with Crippen LogP contribution in [-0.4, -0.2) is 58.1 Å². The van der Waals surface area contributed by atoms with Crippen LogP contribution in [0.25, 0.3) is 0 Å². The number of rotatable bonds is 9. The molecule has 0 spiro atoms. The second kappa shape index (κ2) is 7.24. The summed E-state index contributed by atoms with van der Waals surface area (Å²) in [5, 5.41) is 0. The Morgan fingerprint density at radius 1 is 0.667 bits per heavy atom. The van der Waals surface area contributed by atoms with E-state index < -0.39 is 51.0 Å². The molecule has 0 fully saturated rings. The maximum Gasteiger partial charge on any atom is 0.460 e. The third-order valence-corrected chi connectivity index (χ3v) is 6.53. The van der Waals surface area contributed by atoms with Crippen LogP contribution >= 0.6 is 0 Å². The average molecular weight is 452 g/mol. The molecular weight excluding hydrogens is 439 g/mol. The lowest BCUT2D eigenvalue weighted by atomic mass is 9.94. The van der Waals surface area contributed by atoms with E-state index in [1.807, 2.05) is 0 Å². The average Bonchev–Trinajstić information content (AvgIpc) is 2.50. The van der Waals surface area contributed by atoms with E-state index >= 15 is 0 Å². The van der Waals surface area contributed by atoms with Crippen LogP contribution in [0.3, 0.4) is 0 Å². The second-order valence-electron chi connectivity index (χ2n) is 5.48. The maximum atomic E-state index is 13.5. The van der Waals surface area contributed by atoms with Crippen LogP contribution in [0, 0.1) is 0 Å². The van der Waals surface area contributed by atoms with E-state index in [4.69, 9.17) is 0 Å². The monoisotopic (exact) mass is 452 g/mol. The Bertz CT molecular complexity index is 513. The minimum Gasteiger partial charge on any atom is -0.398 e. The van der Waals surface area contributed by atoms with E-state index in [0.717, 1.165) is 13.7 Å². The van der Waals surface area contributed by atoms with E-state index in [1.165, 1.54) is 6.92 Å². The Kier molecular flexibility index (Phi) is 7.03. The highest BCUT2D eigenvalue weighted by Gasteiger charge is 2.90. The van der Waals surface area contributed by atoms with Gasteiger partial charge in [-0.2, -0.15) is 57.1 Å². The van der Waals surface area contributed by atoms with E-state index in [0.29, 0.717) is 0 Å². The second-order valence-corrected chi connectivity index (χ2v) is 9.15. The number of halogens is 13. The molecule has 164 valence electrons. The van der Waals surface area contributed by atoms with Crippen molar-refractivity contribution < 1.29 is 65.9 Å². The molecule has 0 N–H and O–H groups in total. The van der Waals surface area contributed by atoms with Gasteiger partial charge in [-0.1, -0.05) is 6.92 Å². The zero-order chi connectivity index (χ0) is 22.3. The quantitative estimate of drug-likeness (QED) is 0.341. The molecule has 0 aromatic rings. The molecule has 0 radical (unpaired) electrons. The highest BCUT2D eigenvalue weighted by Crippen LogP contribution is 2.60. The van der Waals surface area contributed by atoms with Crippen LogP contribution < -0.4 is 0 Å². The molecule has 0 aromatic heterocycles. The SMILES string of the molecule is CC[Si](C)(OC)OCC(F)(F)C(F)(F)C(F)(F)C(F)(F)C(F)(F)C(F)(F)F. The van der Waals surface area contributed by atoms with Crippen molar-refractivity contribution >= 4 is 8.56 Å². The zero-order valence-electron chi connectivity index (χ0n) is 13.6. The molecule has 1 unspecified atom stereocenters. The van der Waals surface area contributed by atoms with Gasteiger partial charge < -0.3 is 8.85 Å². The first kappa shape index (κ1) is 26.2. The van der Waals surface area contributed by atoms with Crippen molar-refractivity contribution in [3.8, 4) is 0 Å². The molecule has 0 amide bonds. The number of hydrogen-bond acceptors (Lipinski definition) is 2. The minimum absolute atomic E-state index is 0.205. The van der Waals surface area contributed by atoms with E-state index in [1.54, 1.807) is 0 Å². The van der Waals surface area contributed by atoms with Crippen molar-refractivity contribution in [2.24, 2.45) is 0 Å². The summed E-state index contributed by atoms with van der Waals surface area (Å²) in [5.41, 5.74) is 0. The summed E-state index contributed by atoms with van der Waals surface area (Å²) >= 11 is 0. The van der Waals surface area contributed by atoms with E-state index in [2.05, 4.69) is 8.85 Å². The van der Waals surface area contributed by atoms with Gasteiger partial charge in [0.15, 0.2) is 0 Å². The molecule has 2 nitrogen and oxygen atoms in total. The molecular formula is C11H13F13O2Si. The van der Waals surface area contributed by atoms with Crippen LogP contribution in [0.1, 0.15) is 6.92 Å². The molecule has 0 heterocycles. The van der Waals surface area contributed by atoms with Crippen molar-refractivity contribution in [3.63, 3.8) is 0 Å². The van der Waals surface area contributed by atoms with Crippen molar-refractivity contribution in [1.29, 1.82) is 0 Å². The van der Waals surface area contributed by atoms with Crippen molar-refractivity contribution in [3.05, 3.63) is 0 Å². The van der Waals surface area contributed by atoms with Gasteiger partial charge in [0.1, 0.15) is 6.61 Å². The highest BCUT2D eigenvalue weighted by molar-refractivity contribution is 6.65. The van der Waals surface area contributed by atoms with Gasteiger partial charge in [-0.3, -0.25) is 0 Å². The first-order valence-corrected chi connectivity index (χ1v) is 9.25. The maximum absolute atomic E-state index is 13.5. The molecule has 0 saturated heterocycles. The summed E-state index contributed by atoms with van der Waals surface area (Å²) in [7, 11) is -2.76. The third kappa shape index (κ3) is 4.16. The summed E-state index contributed by atoms with van der Waals surface area (Å²) in [5.74, 6) is -37.0. The summed E-state index contributed by atoms with van der Waals surface area (Å²) in [6.45, 7) is -0.446. The van der Waals surface area contributed by atoms with E-state index in [9.17, 15) is 57.1 Å². The van der Waals surface area contributed by atoms with Crippen LogP contribution in [0.2, 0.25) is 12.6 Å². The summed E-state index contributed by atoms with van der Waals surface area (Å²) in [6.07, 6.45) is -7.43. The fourth-order valence-corrected chi connectivity index (χ4v) is 2.54. The molecule has 0 aliphatic heterocycles. The standard InChI is InChI=1S/C11H13F13O2Si/c1-4-27(3,25-2)26-5-6(12,13)7(14,15)8(16,17)9(18,19)10(20,21)11(22,23)24/h4-5H2,1-3H3. The largest absolute Gasteiger partial charge is 0.460 e. The van der Waals surface area contributed by atoms with Gasteiger partial charge in [0.05, 0.1) is 0 Å². The van der Waals surface area contributed by atoms with Crippen molar-refractivity contribution in [2.75, 3.05) is 13.7 Å². The number of alkyl halides is 13. The Morgan fingerprint density at radius 3 is 1.33 bits per heavy atom. The molecule has 0 saturated carbocycles. The predicted octanol–water partition coefficient (Wildman–Crippen LogP) is 5.48. The van der Waals surface area contributed by atoms with Gasteiger partial charge in [-0.05, 0) is 12.6 Å². The van der Waals surface area contributed by atoms with Crippen LogP contribution in [-0.2, 0) is 8.85 Å². The molecule has 0 bridgehead atoms. The van der Waals surface area contributed by atoms with Crippen molar-refractivity contribution in [2.45, 2.75) is 55.3 Å². The summed E-state index contributed by atoms with van der Waals surface area (Å²) in [6, 6.07) is -0.205. The summed E-state index contributed by atoms with van der Waals surface area (Å²) < 4.78 is 176. The minimum atomic E-state index is -7.90. The van der Waals surface area contributed by atoms with Crippen molar-refractivity contribution in [1.82, 2.24) is 0 Å². The lowest BCUT2D eigenvalue weighted by Crippen LogP contribution is -2.70. The molecule has 0 aromatic carbocycles.